The number of nitrogens with zero attached hydrogens (tertiary/aromatic N) is 2. The summed E-state index contributed by atoms with van der Waals surface area (Å²) in [6, 6.07) is 3.38. The fourth-order valence-corrected chi connectivity index (χ4v) is 2.90. The van der Waals surface area contributed by atoms with Crippen LogP contribution in [0.25, 0.3) is 11.5 Å². The highest BCUT2D eigenvalue weighted by Crippen LogP contribution is 2.35. The molecule has 1 fully saturated rings. The number of aromatic nitrogens is 2. The van der Waals surface area contributed by atoms with E-state index in [1.165, 1.54) is 12.8 Å². The highest BCUT2D eigenvalue weighted by Gasteiger charge is 2.23. The second-order valence-corrected chi connectivity index (χ2v) is 5.61. The number of hydrogen-bond acceptors (Lipinski definition) is 4. The molecule has 1 aliphatic carbocycles. The summed E-state index contributed by atoms with van der Waals surface area (Å²) in [6.07, 6.45) is 4.71. The molecule has 0 spiro atoms. The second kappa shape index (κ2) is 5.02. The van der Waals surface area contributed by atoms with E-state index in [9.17, 15) is 0 Å². The van der Waals surface area contributed by atoms with Crippen LogP contribution in [0.15, 0.2) is 16.7 Å². The number of nitrogens with two attached hydrogens (primary N) is 1. The molecule has 1 aliphatic rings. The maximum atomic E-state index is 6.00. The first-order chi connectivity index (χ1) is 9.15. The average molecular weight is 298 g/mol. The van der Waals surface area contributed by atoms with Crippen LogP contribution in [-0.4, -0.2) is 10.1 Å². The van der Waals surface area contributed by atoms with E-state index in [4.69, 9.17) is 33.5 Å². The van der Waals surface area contributed by atoms with Gasteiger partial charge in [-0.15, -0.1) is 0 Å². The van der Waals surface area contributed by atoms with Crippen molar-refractivity contribution >= 4 is 28.9 Å². The number of halogens is 2. The van der Waals surface area contributed by atoms with Gasteiger partial charge in [-0.05, 0) is 25.0 Å². The van der Waals surface area contributed by atoms with Gasteiger partial charge in [-0.3, -0.25) is 0 Å². The molecule has 100 valence electrons. The molecule has 0 atom stereocenters. The Bertz CT molecular complexity index is 583. The van der Waals surface area contributed by atoms with Gasteiger partial charge < -0.3 is 10.3 Å². The standard InChI is InChI=1S/C13H13Cl2N3O/c14-9-5-8(6-10(15)11(9)16)13-17-12(18-19-13)7-3-1-2-4-7/h5-7H,1-4,16H2. The Balaban J connectivity index is 1.94. The number of rotatable bonds is 2. The quantitative estimate of drug-likeness (QED) is 0.840. The topological polar surface area (TPSA) is 64.9 Å². The molecule has 2 N–H and O–H groups in total. The summed E-state index contributed by atoms with van der Waals surface area (Å²) >= 11 is 12.0. The highest BCUT2D eigenvalue weighted by atomic mass is 35.5. The van der Waals surface area contributed by atoms with E-state index < -0.39 is 0 Å². The van der Waals surface area contributed by atoms with Gasteiger partial charge in [-0.25, -0.2) is 0 Å². The van der Waals surface area contributed by atoms with E-state index in [2.05, 4.69) is 10.1 Å². The van der Waals surface area contributed by atoms with Crippen LogP contribution in [0.2, 0.25) is 10.0 Å². The molecule has 4 nitrogen and oxygen atoms in total. The van der Waals surface area contributed by atoms with Crippen LogP contribution in [0, 0.1) is 0 Å². The van der Waals surface area contributed by atoms with Gasteiger partial charge in [0, 0.05) is 11.5 Å². The lowest BCUT2D eigenvalue weighted by Gasteiger charge is -2.03. The van der Waals surface area contributed by atoms with Crippen molar-refractivity contribution in [2.75, 3.05) is 5.73 Å². The molecule has 2 aromatic rings. The zero-order valence-electron chi connectivity index (χ0n) is 10.2. The molecule has 3 rings (SSSR count). The predicted molar refractivity (Wildman–Crippen MR) is 75.4 cm³/mol. The minimum absolute atomic E-state index is 0.364. The van der Waals surface area contributed by atoms with E-state index in [-0.39, 0.29) is 0 Å². The van der Waals surface area contributed by atoms with Crippen LogP contribution >= 0.6 is 23.2 Å². The molecule has 0 saturated heterocycles. The van der Waals surface area contributed by atoms with Crippen molar-refractivity contribution in [1.82, 2.24) is 10.1 Å². The van der Waals surface area contributed by atoms with Gasteiger partial charge in [0.15, 0.2) is 5.82 Å². The van der Waals surface area contributed by atoms with Gasteiger partial charge in [0.25, 0.3) is 5.89 Å². The van der Waals surface area contributed by atoms with Crippen LogP contribution in [0.1, 0.15) is 37.4 Å². The Kier molecular flexibility index (Phi) is 3.37. The molecule has 1 heterocycles. The molecule has 0 radical (unpaired) electrons. The molecular weight excluding hydrogens is 285 g/mol. The van der Waals surface area contributed by atoms with E-state index >= 15 is 0 Å². The van der Waals surface area contributed by atoms with Crippen molar-refractivity contribution in [1.29, 1.82) is 0 Å². The van der Waals surface area contributed by atoms with E-state index in [0.29, 0.717) is 33.1 Å². The van der Waals surface area contributed by atoms with Gasteiger partial charge in [-0.2, -0.15) is 4.98 Å². The lowest BCUT2D eigenvalue weighted by molar-refractivity contribution is 0.416. The Morgan fingerprint density at radius 1 is 1.16 bits per heavy atom. The van der Waals surface area contributed by atoms with Crippen molar-refractivity contribution in [2.24, 2.45) is 0 Å². The third kappa shape index (κ3) is 2.42. The smallest absolute Gasteiger partial charge is 0.258 e. The molecule has 1 saturated carbocycles. The highest BCUT2D eigenvalue weighted by molar-refractivity contribution is 6.39. The number of benzene rings is 1. The molecule has 1 aromatic heterocycles. The molecule has 0 unspecified atom stereocenters. The summed E-state index contributed by atoms with van der Waals surface area (Å²) in [7, 11) is 0. The minimum atomic E-state index is 0.364. The van der Waals surface area contributed by atoms with E-state index in [1.54, 1.807) is 12.1 Å². The summed E-state index contributed by atoms with van der Waals surface area (Å²) in [5, 5.41) is 4.84. The van der Waals surface area contributed by atoms with E-state index in [1.807, 2.05) is 0 Å². The van der Waals surface area contributed by atoms with Crippen molar-refractivity contribution < 1.29 is 4.52 Å². The Hall–Kier alpha value is -1.26. The van der Waals surface area contributed by atoms with Gasteiger partial charge in [0.1, 0.15) is 0 Å². The fourth-order valence-electron chi connectivity index (χ4n) is 2.41. The first-order valence-corrected chi connectivity index (χ1v) is 6.99. The van der Waals surface area contributed by atoms with Crippen LogP contribution < -0.4 is 5.73 Å². The number of nitrogen functional groups attached to an aromatic ring is 1. The summed E-state index contributed by atoms with van der Waals surface area (Å²) < 4.78 is 5.29. The minimum Gasteiger partial charge on any atom is -0.396 e. The second-order valence-electron chi connectivity index (χ2n) is 4.79. The molecule has 0 aliphatic heterocycles. The molecule has 0 bridgehead atoms. The third-order valence-corrected chi connectivity index (χ3v) is 4.11. The summed E-state index contributed by atoms with van der Waals surface area (Å²) in [5.41, 5.74) is 6.76. The Morgan fingerprint density at radius 3 is 2.42 bits per heavy atom. The summed E-state index contributed by atoms with van der Waals surface area (Å²) in [5.74, 6) is 1.62. The molecule has 6 heteroatoms. The summed E-state index contributed by atoms with van der Waals surface area (Å²) in [6.45, 7) is 0. The number of anilines is 1. The molecule has 0 amide bonds. The first-order valence-electron chi connectivity index (χ1n) is 6.23. The predicted octanol–water partition coefficient (Wildman–Crippen LogP) is 4.28. The normalized spacial score (nSPS) is 16.1. The zero-order valence-corrected chi connectivity index (χ0v) is 11.7. The van der Waals surface area contributed by atoms with Crippen LogP contribution in [-0.2, 0) is 0 Å². The number of hydrogen-bond donors (Lipinski definition) is 1. The van der Waals surface area contributed by atoms with Crippen LogP contribution in [0.3, 0.4) is 0 Å². The SMILES string of the molecule is Nc1c(Cl)cc(-c2nc(C3CCCC3)no2)cc1Cl. The van der Waals surface area contributed by atoms with Crippen LogP contribution in [0.4, 0.5) is 5.69 Å². The van der Waals surface area contributed by atoms with Gasteiger partial charge in [0.2, 0.25) is 0 Å². The molecule has 19 heavy (non-hydrogen) atoms. The lowest BCUT2D eigenvalue weighted by Crippen LogP contribution is -1.94. The lowest BCUT2D eigenvalue weighted by atomic mass is 10.1. The van der Waals surface area contributed by atoms with Crippen molar-refractivity contribution in [3.8, 4) is 11.5 Å². The Morgan fingerprint density at radius 2 is 1.79 bits per heavy atom. The van der Waals surface area contributed by atoms with Gasteiger partial charge >= 0.3 is 0 Å². The van der Waals surface area contributed by atoms with E-state index in [0.717, 1.165) is 18.7 Å². The van der Waals surface area contributed by atoms with Crippen molar-refractivity contribution in [2.45, 2.75) is 31.6 Å². The maximum Gasteiger partial charge on any atom is 0.258 e. The maximum absolute atomic E-state index is 6.00. The Labute approximate surface area is 120 Å². The van der Waals surface area contributed by atoms with Crippen LogP contribution in [0.5, 0.6) is 0 Å². The van der Waals surface area contributed by atoms with Gasteiger partial charge in [0.05, 0.1) is 15.7 Å². The van der Waals surface area contributed by atoms with Gasteiger partial charge in [-0.1, -0.05) is 41.2 Å². The first kappa shape index (κ1) is 12.8. The average Bonchev–Trinajstić information content (AvgIpc) is 3.05. The fraction of sp³-hybridized carbons (Fsp3) is 0.385. The zero-order chi connectivity index (χ0) is 13.4. The molecule has 1 aromatic carbocycles. The van der Waals surface area contributed by atoms with Crippen molar-refractivity contribution in [3.05, 3.63) is 28.0 Å². The molecular formula is C13H13Cl2N3O. The summed E-state index contributed by atoms with van der Waals surface area (Å²) in [4.78, 5) is 4.44. The van der Waals surface area contributed by atoms with Crippen molar-refractivity contribution in [3.63, 3.8) is 0 Å². The third-order valence-electron chi connectivity index (χ3n) is 3.49. The monoisotopic (exact) mass is 297 g/mol. The largest absolute Gasteiger partial charge is 0.396 e.